The van der Waals surface area contributed by atoms with Gasteiger partial charge < -0.3 is 19.9 Å². The molecule has 0 spiro atoms. The average molecular weight is 496 g/mol. The van der Waals surface area contributed by atoms with Gasteiger partial charge in [-0.1, -0.05) is 0 Å². The van der Waals surface area contributed by atoms with Crippen molar-refractivity contribution in [3.05, 3.63) is 40.1 Å². The molecule has 190 valence electrons. The average Bonchev–Trinajstić information content (AvgIpc) is 3.41. The van der Waals surface area contributed by atoms with Crippen LogP contribution in [0, 0.1) is 6.92 Å². The van der Waals surface area contributed by atoms with Gasteiger partial charge in [-0.3, -0.25) is 9.59 Å². The number of halogens is 3. The van der Waals surface area contributed by atoms with Crippen molar-refractivity contribution in [1.29, 1.82) is 0 Å². The van der Waals surface area contributed by atoms with E-state index < -0.39 is 11.7 Å². The SMILES string of the molecule is Cc1c(N[C@@H](C)COCCC(=O)N2CC[C@H]3[C@@H]2CCN3c2ncc(C(F)(F)F)cn2)cn[nH]c1=O. The molecule has 1 amide bonds. The zero-order valence-corrected chi connectivity index (χ0v) is 19.5. The van der Waals surface area contributed by atoms with Crippen molar-refractivity contribution >= 4 is 17.5 Å². The molecular weight excluding hydrogens is 467 g/mol. The molecule has 3 atom stereocenters. The fourth-order valence-corrected chi connectivity index (χ4v) is 4.63. The van der Waals surface area contributed by atoms with E-state index in [1.165, 1.54) is 0 Å². The van der Waals surface area contributed by atoms with E-state index in [9.17, 15) is 22.8 Å². The molecule has 2 aliphatic heterocycles. The number of fused-ring (bicyclic) bond motifs is 1. The number of carbonyl (C=O) groups excluding carboxylic acids is 1. The number of amides is 1. The number of anilines is 2. The van der Waals surface area contributed by atoms with Crippen molar-refractivity contribution in [1.82, 2.24) is 25.1 Å². The van der Waals surface area contributed by atoms with Crippen molar-refractivity contribution in [2.24, 2.45) is 0 Å². The second kappa shape index (κ2) is 10.2. The van der Waals surface area contributed by atoms with E-state index in [0.29, 0.717) is 43.8 Å². The highest BCUT2D eigenvalue weighted by Crippen LogP contribution is 2.35. The Labute approximate surface area is 199 Å². The lowest BCUT2D eigenvalue weighted by Crippen LogP contribution is -2.40. The molecular formula is C22H28F3N7O3. The summed E-state index contributed by atoms with van der Waals surface area (Å²) in [5.74, 6) is 0.249. The van der Waals surface area contributed by atoms with Gasteiger partial charge in [0.1, 0.15) is 0 Å². The third kappa shape index (κ3) is 5.55. The summed E-state index contributed by atoms with van der Waals surface area (Å²) >= 11 is 0. The molecule has 4 rings (SSSR count). The van der Waals surface area contributed by atoms with Crippen LogP contribution in [0.15, 0.2) is 23.4 Å². The number of hydrogen-bond donors (Lipinski definition) is 2. The Morgan fingerprint density at radius 2 is 1.94 bits per heavy atom. The predicted octanol–water partition coefficient (Wildman–Crippen LogP) is 1.97. The molecule has 10 nitrogen and oxygen atoms in total. The largest absolute Gasteiger partial charge is 0.419 e. The van der Waals surface area contributed by atoms with E-state index in [-0.39, 0.29) is 48.6 Å². The fourth-order valence-electron chi connectivity index (χ4n) is 4.63. The van der Waals surface area contributed by atoms with Gasteiger partial charge in [-0.15, -0.1) is 0 Å². The van der Waals surface area contributed by atoms with Crippen LogP contribution in [0.5, 0.6) is 0 Å². The molecule has 13 heteroatoms. The second-order valence-electron chi connectivity index (χ2n) is 8.87. The predicted molar refractivity (Wildman–Crippen MR) is 121 cm³/mol. The topological polar surface area (TPSA) is 116 Å². The quantitative estimate of drug-likeness (QED) is 0.534. The molecule has 0 radical (unpaired) electrons. The van der Waals surface area contributed by atoms with Gasteiger partial charge in [-0.2, -0.15) is 18.3 Å². The van der Waals surface area contributed by atoms with Crippen molar-refractivity contribution in [2.75, 3.05) is 36.5 Å². The Balaban J connectivity index is 1.23. The lowest BCUT2D eigenvalue weighted by molar-refractivity contribution is -0.138. The first-order valence-corrected chi connectivity index (χ1v) is 11.5. The highest BCUT2D eigenvalue weighted by Gasteiger charge is 2.45. The van der Waals surface area contributed by atoms with E-state index >= 15 is 0 Å². The normalized spacial score (nSPS) is 20.7. The van der Waals surface area contributed by atoms with Crippen LogP contribution in [0.3, 0.4) is 0 Å². The van der Waals surface area contributed by atoms with E-state index in [0.717, 1.165) is 12.4 Å². The molecule has 0 unspecified atom stereocenters. The van der Waals surface area contributed by atoms with Gasteiger partial charge in [0.2, 0.25) is 11.9 Å². The molecule has 2 N–H and O–H groups in total. The summed E-state index contributed by atoms with van der Waals surface area (Å²) in [7, 11) is 0. The molecule has 35 heavy (non-hydrogen) atoms. The van der Waals surface area contributed by atoms with E-state index in [1.54, 1.807) is 13.1 Å². The van der Waals surface area contributed by atoms with Gasteiger partial charge in [-0.05, 0) is 26.7 Å². The Hall–Kier alpha value is -3.22. The maximum absolute atomic E-state index is 12.8. The van der Waals surface area contributed by atoms with E-state index in [4.69, 9.17) is 4.74 Å². The Morgan fingerprint density at radius 1 is 1.23 bits per heavy atom. The molecule has 0 aromatic carbocycles. The third-order valence-electron chi connectivity index (χ3n) is 6.45. The molecule has 2 saturated heterocycles. The Bertz CT molecular complexity index is 1090. The summed E-state index contributed by atoms with van der Waals surface area (Å²) in [5, 5.41) is 9.32. The number of nitrogens with one attached hydrogen (secondary N) is 2. The minimum atomic E-state index is -4.48. The van der Waals surface area contributed by atoms with Crippen LogP contribution in [0.25, 0.3) is 0 Å². The minimum absolute atomic E-state index is 0.00769. The first-order valence-electron chi connectivity index (χ1n) is 11.5. The van der Waals surface area contributed by atoms with Crippen molar-refractivity contribution < 1.29 is 22.7 Å². The Morgan fingerprint density at radius 3 is 2.66 bits per heavy atom. The number of hydrogen-bond acceptors (Lipinski definition) is 8. The van der Waals surface area contributed by atoms with Crippen LogP contribution in [-0.2, 0) is 15.7 Å². The van der Waals surface area contributed by atoms with Gasteiger partial charge in [-0.25, -0.2) is 15.1 Å². The summed E-state index contributed by atoms with van der Waals surface area (Å²) in [6.45, 7) is 5.39. The first-order chi connectivity index (χ1) is 16.6. The van der Waals surface area contributed by atoms with Crippen LogP contribution in [0.4, 0.5) is 24.8 Å². The summed E-state index contributed by atoms with van der Waals surface area (Å²) in [4.78, 5) is 36.0. The molecule has 2 fully saturated rings. The molecule has 0 saturated carbocycles. The van der Waals surface area contributed by atoms with Crippen LogP contribution in [0.1, 0.15) is 37.3 Å². The molecule has 2 aliphatic rings. The summed E-state index contributed by atoms with van der Waals surface area (Å²) in [5.41, 5.74) is 0.0340. The fraction of sp³-hybridized carbons (Fsp3) is 0.591. The van der Waals surface area contributed by atoms with Gasteiger partial charge in [0.05, 0.1) is 49.2 Å². The molecule has 0 aliphatic carbocycles. The van der Waals surface area contributed by atoms with Crippen LogP contribution < -0.4 is 15.8 Å². The summed E-state index contributed by atoms with van der Waals surface area (Å²) in [6, 6.07) is -0.108. The number of alkyl halides is 3. The Kier molecular flexibility index (Phi) is 7.24. The number of ether oxygens (including phenoxy) is 1. The molecule has 0 bridgehead atoms. The van der Waals surface area contributed by atoms with Gasteiger partial charge in [0.25, 0.3) is 5.56 Å². The second-order valence-corrected chi connectivity index (χ2v) is 8.87. The first kappa shape index (κ1) is 24.9. The van der Waals surface area contributed by atoms with E-state index in [2.05, 4.69) is 25.5 Å². The molecule has 4 heterocycles. The van der Waals surface area contributed by atoms with Crippen molar-refractivity contribution in [3.8, 4) is 0 Å². The number of carbonyl (C=O) groups is 1. The smallest absolute Gasteiger partial charge is 0.379 e. The monoisotopic (exact) mass is 495 g/mol. The maximum Gasteiger partial charge on any atom is 0.419 e. The highest BCUT2D eigenvalue weighted by atomic mass is 19.4. The maximum atomic E-state index is 12.8. The van der Waals surface area contributed by atoms with E-state index in [1.807, 2.05) is 16.7 Å². The number of aromatic nitrogens is 4. The lowest BCUT2D eigenvalue weighted by Gasteiger charge is -2.26. The number of rotatable bonds is 8. The van der Waals surface area contributed by atoms with Gasteiger partial charge in [0.15, 0.2) is 0 Å². The minimum Gasteiger partial charge on any atom is -0.379 e. The standard InChI is InChI=1S/C22H28F3N7O3/c1-13(29-16-11-28-30-20(34)14(16)2)12-35-8-5-19(33)31-6-3-18-17(31)4-7-32(18)21-26-9-15(10-27-21)22(23,24)25/h9-11,13,17-18H,3-8,12H2,1-2H3,(H2,29,30,34)/t13-,17-,18-/m0/s1. The number of likely N-dealkylation sites (tertiary alicyclic amines) is 1. The van der Waals surface area contributed by atoms with Crippen LogP contribution in [-0.4, -0.2) is 75.4 Å². The molecule has 2 aromatic rings. The van der Waals surface area contributed by atoms with Crippen LogP contribution in [0.2, 0.25) is 0 Å². The zero-order chi connectivity index (χ0) is 25.2. The number of H-pyrrole nitrogens is 1. The summed E-state index contributed by atoms with van der Waals surface area (Å²) < 4.78 is 44.0. The molecule has 2 aromatic heterocycles. The van der Waals surface area contributed by atoms with Crippen molar-refractivity contribution in [3.63, 3.8) is 0 Å². The van der Waals surface area contributed by atoms with Gasteiger partial charge >= 0.3 is 6.18 Å². The number of nitrogens with zero attached hydrogens (tertiary/aromatic N) is 5. The van der Waals surface area contributed by atoms with Crippen LogP contribution >= 0.6 is 0 Å². The highest BCUT2D eigenvalue weighted by molar-refractivity contribution is 5.77. The zero-order valence-electron chi connectivity index (χ0n) is 19.5. The van der Waals surface area contributed by atoms with Gasteiger partial charge in [0, 0.05) is 37.1 Å². The third-order valence-corrected chi connectivity index (χ3v) is 6.45. The summed E-state index contributed by atoms with van der Waals surface area (Å²) in [6.07, 6.45) is 0.329. The van der Waals surface area contributed by atoms with Crippen molar-refractivity contribution in [2.45, 2.75) is 57.4 Å². The number of aromatic amines is 1. The lowest BCUT2D eigenvalue weighted by atomic mass is 10.1.